The summed E-state index contributed by atoms with van der Waals surface area (Å²) in [6.07, 6.45) is 1.56. The lowest BCUT2D eigenvalue weighted by Gasteiger charge is -2.24. The fraction of sp³-hybridized carbons (Fsp3) is 0.130. The standard InChI is InChI=1S/C23H16ClNO4/c1-13-4-6-14(7-5-13)20-19-21(26)17-11-15(24)8-9-18(17)29-22(19)23(27)25(20)12-16-3-2-10-28-16/h2-11,20H,12H2,1H3/t20-/m0/s1. The molecule has 29 heavy (non-hydrogen) atoms. The van der Waals surface area contributed by atoms with Gasteiger partial charge >= 0.3 is 0 Å². The number of fused-ring (bicyclic) bond motifs is 2. The molecule has 4 aromatic rings. The molecule has 0 unspecified atom stereocenters. The van der Waals surface area contributed by atoms with E-state index in [1.165, 1.54) is 0 Å². The third kappa shape index (κ3) is 2.86. The summed E-state index contributed by atoms with van der Waals surface area (Å²) in [5, 5.41) is 0.800. The summed E-state index contributed by atoms with van der Waals surface area (Å²) in [7, 11) is 0. The van der Waals surface area contributed by atoms with E-state index in [1.807, 2.05) is 31.2 Å². The second-order valence-electron chi connectivity index (χ2n) is 7.14. The first-order valence-corrected chi connectivity index (χ1v) is 9.57. The van der Waals surface area contributed by atoms with Gasteiger partial charge in [-0.3, -0.25) is 9.59 Å². The predicted octanol–water partition coefficient (Wildman–Crippen LogP) is 5.09. The van der Waals surface area contributed by atoms with E-state index in [9.17, 15) is 9.59 Å². The molecule has 0 saturated heterocycles. The minimum absolute atomic E-state index is 0.0713. The molecule has 1 aliphatic heterocycles. The smallest absolute Gasteiger partial charge is 0.291 e. The van der Waals surface area contributed by atoms with E-state index in [0.717, 1.165) is 11.1 Å². The molecule has 6 heteroatoms. The van der Waals surface area contributed by atoms with E-state index in [2.05, 4.69) is 0 Å². The van der Waals surface area contributed by atoms with Crippen molar-refractivity contribution in [3.05, 3.63) is 104 Å². The molecule has 1 aliphatic rings. The highest BCUT2D eigenvalue weighted by molar-refractivity contribution is 6.31. The maximum Gasteiger partial charge on any atom is 0.291 e. The third-order valence-corrected chi connectivity index (χ3v) is 5.46. The molecule has 0 N–H and O–H groups in total. The van der Waals surface area contributed by atoms with Crippen LogP contribution in [0.4, 0.5) is 0 Å². The monoisotopic (exact) mass is 405 g/mol. The second-order valence-corrected chi connectivity index (χ2v) is 7.58. The van der Waals surface area contributed by atoms with Gasteiger partial charge in [-0.1, -0.05) is 41.4 Å². The van der Waals surface area contributed by atoms with Gasteiger partial charge in [-0.25, -0.2) is 0 Å². The lowest BCUT2D eigenvalue weighted by Crippen LogP contribution is -2.29. The lowest BCUT2D eigenvalue weighted by molar-refractivity contribution is 0.0701. The summed E-state index contributed by atoms with van der Waals surface area (Å²) in [6, 6.07) is 15.6. The molecule has 0 spiro atoms. The maximum absolute atomic E-state index is 13.4. The first-order valence-electron chi connectivity index (χ1n) is 9.19. The van der Waals surface area contributed by atoms with Crippen LogP contribution in [0.5, 0.6) is 0 Å². The average Bonchev–Trinajstić information content (AvgIpc) is 3.32. The van der Waals surface area contributed by atoms with Crippen LogP contribution in [0.2, 0.25) is 5.02 Å². The first kappa shape index (κ1) is 17.8. The average molecular weight is 406 g/mol. The number of halogens is 1. The number of aryl methyl sites for hydroxylation is 1. The summed E-state index contributed by atoms with van der Waals surface area (Å²) >= 11 is 6.09. The highest BCUT2D eigenvalue weighted by atomic mass is 35.5. The van der Waals surface area contributed by atoms with Gasteiger partial charge in [0.2, 0.25) is 5.76 Å². The quantitative estimate of drug-likeness (QED) is 0.476. The largest absolute Gasteiger partial charge is 0.467 e. The molecule has 0 fully saturated rings. The van der Waals surface area contributed by atoms with Gasteiger partial charge in [0.15, 0.2) is 5.43 Å². The molecular formula is C23H16ClNO4. The van der Waals surface area contributed by atoms with Crippen LogP contribution in [0, 0.1) is 6.92 Å². The van der Waals surface area contributed by atoms with Crippen LogP contribution in [-0.2, 0) is 6.54 Å². The number of carbonyl (C=O) groups excluding carboxylic acids is 1. The van der Waals surface area contributed by atoms with Crippen molar-refractivity contribution in [2.24, 2.45) is 0 Å². The number of hydrogen-bond acceptors (Lipinski definition) is 4. The van der Waals surface area contributed by atoms with Gasteiger partial charge in [-0.05, 0) is 42.8 Å². The van der Waals surface area contributed by atoms with Crippen LogP contribution in [0.25, 0.3) is 11.0 Å². The number of hydrogen-bond donors (Lipinski definition) is 0. The molecule has 0 radical (unpaired) electrons. The van der Waals surface area contributed by atoms with Crippen molar-refractivity contribution in [3.63, 3.8) is 0 Å². The Bertz CT molecular complexity index is 1290. The van der Waals surface area contributed by atoms with E-state index < -0.39 is 6.04 Å². The number of furan rings is 1. The Hall–Kier alpha value is -3.31. The maximum atomic E-state index is 13.4. The van der Waals surface area contributed by atoms with Gasteiger partial charge in [0.1, 0.15) is 11.3 Å². The minimum Gasteiger partial charge on any atom is -0.467 e. The highest BCUT2D eigenvalue weighted by Crippen LogP contribution is 2.39. The number of nitrogens with zero attached hydrogens (tertiary/aromatic N) is 1. The summed E-state index contributed by atoms with van der Waals surface area (Å²) in [5.41, 5.74) is 2.36. The number of amides is 1. The Morgan fingerprint density at radius 3 is 2.59 bits per heavy atom. The van der Waals surface area contributed by atoms with E-state index in [0.29, 0.717) is 27.3 Å². The van der Waals surface area contributed by atoms with Crippen LogP contribution < -0.4 is 5.43 Å². The van der Waals surface area contributed by atoms with Crippen molar-refractivity contribution in [3.8, 4) is 0 Å². The van der Waals surface area contributed by atoms with Gasteiger partial charge in [-0.2, -0.15) is 0 Å². The van der Waals surface area contributed by atoms with E-state index in [4.69, 9.17) is 20.4 Å². The van der Waals surface area contributed by atoms with Crippen LogP contribution in [0.15, 0.2) is 74.5 Å². The molecule has 5 nitrogen and oxygen atoms in total. The van der Waals surface area contributed by atoms with Crippen molar-refractivity contribution in [2.45, 2.75) is 19.5 Å². The molecule has 1 atom stereocenters. The van der Waals surface area contributed by atoms with Crippen molar-refractivity contribution in [1.82, 2.24) is 4.90 Å². The van der Waals surface area contributed by atoms with Crippen molar-refractivity contribution >= 4 is 28.5 Å². The molecule has 0 bridgehead atoms. The molecule has 5 rings (SSSR count). The summed E-state index contributed by atoms with van der Waals surface area (Å²) < 4.78 is 11.3. The Balaban J connectivity index is 1.75. The SMILES string of the molecule is Cc1ccc([C@H]2c3c(oc4ccc(Cl)cc4c3=O)C(=O)N2Cc2ccco2)cc1. The van der Waals surface area contributed by atoms with Crippen molar-refractivity contribution < 1.29 is 13.6 Å². The van der Waals surface area contributed by atoms with Crippen LogP contribution in [-0.4, -0.2) is 10.8 Å². The van der Waals surface area contributed by atoms with Gasteiger partial charge in [0.05, 0.1) is 29.8 Å². The zero-order chi connectivity index (χ0) is 20.1. The number of benzene rings is 2. The Labute approximate surface area is 171 Å². The predicted molar refractivity (Wildman–Crippen MR) is 109 cm³/mol. The Morgan fingerprint density at radius 1 is 1.07 bits per heavy atom. The highest BCUT2D eigenvalue weighted by Gasteiger charge is 2.43. The fourth-order valence-electron chi connectivity index (χ4n) is 3.82. The topological polar surface area (TPSA) is 63.7 Å². The summed E-state index contributed by atoms with van der Waals surface area (Å²) in [6.45, 7) is 2.22. The molecule has 2 aromatic heterocycles. The van der Waals surface area contributed by atoms with Crippen LogP contribution in [0.3, 0.4) is 0 Å². The molecule has 2 aromatic carbocycles. The molecule has 0 aliphatic carbocycles. The van der Waals surface area contributed by atoms with Crippen molar-refractivity contribution in [1.29, 1.82) is 0 Å². The molecule has 3 heterocycles. The Morgan fingerprint density at radius 2 is 1.86 bits per heavy atom. The summed E-state index contributed by atoms with van der Waals surface area (Å²) in [4.78, 5) is 28.3. The summed E-state index contributed by atoms with van der Waals surface area (Å²) in [5.74, 6) is 0.362. The van der Waals surface area contributed by atoms with Crippen molar-refractivity contribution in [2.75, 3.05) is 0 Å². The van der Waals surface area contributed by atoms with E-state index in [-0.39, 0.29) is 23.6 Å². The van der Waals surface area contributed by atoms with Crippen LogP contribution >= 0.6 is 11.6 Å². The molecule has 0 saturated carbocycles. The minimum atomic E-state index is -0.567. The third-order valence-electron chi connectivity index (χ3n) is 5.23. The Kier molecular flexibility index (Phi) is 4.07. The normalized spacial score (nSPS) is 15.9. The van der Waals surface area contributed by atoms with Gasteiger partial charge in [0.25, 0.3) is 5.91 Å². The molecular weight excluding hydrogens is 390 g/mol. The van der Waals surface area contributed by atoms with Gasteiger partial charge < -0.3 is 13.7 Å². The van der Waals surface area contributed by atoms with E-state index >= 15 is 0 Å². The molecule has 144 valence electrons. The van der Waals surface area contributed by atoms with E-state index in [1.54, 1.807) is 41.5 Å². The number of carbonyl (C=O) groups is 1. The van der Waals surface area contributed by atoms with Crippen LogP contribution in [0.1, 0.15) is 39.0 Å². The first-order chi connectivity index (χ1) is 14.0. The van der Waals surface area contributed by atoms with Gasteiger partial charge in [-0.15, -0.1) is 0 Å². The zero-order valence-corrected chi connectivity index (χ0v) is 16.3. The van der Waals surface area contributed by atoms with Gasteiger partial charge in [0, 0.05) is 5.02 Å². The fourth-order valence-corrected chi connectivity index (χ4v) is 3.99. The lowest BCUT2D eigenvalue weighted by atomic mass is 9.97. The second kappa shape index (κ2) is 6.64. The zero-order valence-electron chi connectivity index (χ0n) is 15.5. The molecule has 1 amide bonds. The number of rotatable bonds is 3.